The van der Waals surface area contributed by atoms with Crippen LogP contribution in [-0.2, 0) is 9.47 Å². The minimum Gasteiger partial charge on any atom is -0.467 e. The largest absolute Gasteiger partial charge is 0.467 e. The van der Waals surface area contributed by atoms with Gasteiger partial charge in [0.1, 0.15) is 11.9 Å². The molecular weight excluding hydrogens is 306 g/mol. The van der Waals surface area contributed by atoms with E-state index in [0.29, 0.717) is 24.5 Å². The molecule has 2 saturated heterocycles. The molecule has 0 bridgehead atoms. The van der Waals surface area contributed by atoms with Gasteiger partial charge in [-0.1, -0.05) is 12.8 Å². The van der Waals surface area contributed by atoms with Gasteiger partial charge in [-0.15, -0.1) is 0 Å². The monoisotopic (exact) mass is 337 g/mol. The molecule has 2 aliphatic rings. The highest BCUT2D eigenvalue weighted by atomic mass is 16.5. The molecule has 5 heteroatoms. The molecule has 0 amide bonds. The van der Waals surface area contributed by atoms with Crippen molar-refractivity contribution in [1.82, 2.24) is 4.90 Å². The maximum atomic E-state index is 10.4. The van der Waals surface area contributed by atoms with E-state index in [1.807, 2.05) is 12.1 Å². The van der Waals surface area contributed by atoms with Crippen LogP contribution in [0.15, 0.2) is 22.8 Å². The highest BCUT2D eigenvalue weighted by Gasteiger charge is 2.25. The van der Waals surface area contributed by atoms with Gasteiger partial charge in [0.05, 0.1) is 25.6 Å². The number of hydrogen-bond acceptors (Lipinski definition) is 5. The van der Waals surface area contributed by atoms with Crippen LogP contribution >= 0.6 is 0 Å². The molecule has 1 aromatic heterocycles. The molecule has 1 aromatic rings. The summed E-state index contributed by atoms with van der Waals surface area (Å²) in [4.78, 5) is 2.49. The van der Waals surface area contributed by atoms with Crippen LogP contribution in [0.1, 0.15) is 56.8 Å². The Bertz CT molecular complexity index is 444. The molecule has 2 aliphatic heterocycles. The van der Waals surface area contributed by atoms with Crippen molar-refractivity contribution < 1.29 is 19.0 Å². The first-order valence-corrected chi connectivity index (χ1v) is 9.48. The van der Waals surface area contributed by atoms with Gasteiger partial charge < -0.3 is 19.0 Å². The van der Waals surface area contributed by atoms with Crippen LogP contribution in [0.4, 0.5) is 0 Å². The first kappa shape index (κ1) is 17.9. The van der Waals surface area contributed by atoms with E-state index in [2.05, 4.69) is 4.90 Å². The Morgan fingerprint density at radius 1 is 1.25 bits per heavy atom. The van der Waals surface area contributed by atoms with E-state index >= 15 is 0 Å². The summed E-state index contributed by atoms with van der Waals surface area (Å²) in [5.41, 5.74) is 0. The standard InChI is InChI=1S/C19H31NO4/c21-18(19-8-5-12-24-19)14-16-6-2-1-3-9-20(16)10-13-22-15-17-7-4-11-23-17/h5,8,12,16-18,21H,1-4,6-7,9-11,13-15H2. The van der Waals surface area contributed by atoms with E-state index < -0.39 is 6.10 Å². The van der Waals surface area contributed by atoms with E-state index in [1.54, 1.807) is 6.26 Å². The van der Waals surface area contributed by atoms with E-state index in [0.717, 1.165) is 52.0 Å². The van der Waals surface area contributed by atoms with Gasteiger partial charge in [-0.3, -0.25) is 4.90 Å². The van der Waals surface area contributed by atoms with Crippen LogP contribution in [-0.4, -0.2) is 55.1 Å². The van der Waals surface area contributed by atoms with Crippen molar-refractivity contribution in [1.29, 1.82) is 0 Å². The van der Waals surface area contributed by atoms with Crippen LogP contribution in [0.2, 0.25) is 0 Å². The predicted octanol–water partition coefficient (Wildman–Crippen LogP) is 3.14. The highest BCUT2D eigenvalue weighted by Crippen LogP contribution is 2.26. The summed E-state index contributed by atoms with van der Waals surface area (Å²) < 4.78 is 16.8. The van der Waals surface area contributed by atoms with Gasteiger partial charge in [0.25, 0.3) is 0 Å². The normalized spacial score (nSPS) is 27.2. The zero-order valence-corrected chi connectivity index (χ0v) is 14.6. The lowest BCUT2D eigenvalue weighted by Gasteiger charge is -2.31. The van der Waals surface area contributed by atoms with Crippen LogP contribution in [0.25, 0.3) is 0 Å². The zero-order valence-electron chi connectivity index (χ0n) is 14.6. The Morgan fingerprint density at radius 3 is 3.00 bits per heavy atom. The molecule has 0 spiro atoms. The average molecular weight is 337 g/mol. The molecule has 5 nitrogen and oxygen atoms in total. The topological polar surface area (TPSA) is 55.1 Å². The lowest BCUT2D eigenvalue weighted by atomic mass is 10.0. The predicted molar refractivity (Wildman–Crippen MR) is 91.9 cm³/mol. The Hall–Kier alpha value is -0.880. The van der Waals surface area contributed by atoms with Gasteiger partial charge in [-0.2, -0.15) is 0 Å². The van der Waals surface area contributed by atoms with Gasteiger partial charge in [0, 0.05) is 19.2 Å². The second kappa shape index (κ2) is 9.56. The second-order valence-corrected chi connectivity index (χ2v) is 7.02. The second-order valence-electron chi connectivity index (χ2n) is 7.02. The first-order chi connectivity index (χ1) is 11.8. The minimum absolute atomic E-state index is 0.297. The fourth-order valence-electron chi connectivity index (χ4n) is 3.83. The molecule has 2 fully saturated rings. The molecule has 24 heavy (non-hydrogen) atoms. The lowest BCUT2D eigenvalue weighted by Crippen LogP contribution is -2.38. The smallest absolute Gasteiger partial charge is 0.132 e. The maximum Gasteiger partial charge on any atom is 0.132 e. The third kappa shape index (κ3) is 5.31. The summed E-state index contributed by atoms with van der Waals surface area (Å²) in [5.74, 6) is 0.675. The maximum absolute atomic E-state index is 10.4. The fraction of sp³-hybridized carbons (Fsp3) is 0.789. The Kier molecular flexibility index (Phi) is 7.14. The number of hydrogen-bond donors (Lipinski definition) is 1. The van der Waals surface area contributed by atoms with Crippen molar-refractivity contribution in [2.45, 2.75) is 63.2 Å². The van der Waals surface area contributed by atoms with Crippen LogP contribution in [0, 0.1) is 0 Å². The number of furan rings is 1. The number of aliphatic hydroxyl groups excluding tert-OH is 1. The van der Waals surface area contributed by atoms with E-state index in [9.17, 15) is 5.11 Å². The summed E-state index contributed by atoms with van der Waals surface area (Å²) in [7, 11) is 0. The van der Waals surface area contributed by atoms with Crippen LogP contribution in [0.3, 0.4) is 0 Å². The zero-order chi connectivity index (χ0) is 16.6. The van der Waals surface area contributed by atoms with Crippen molar-refractivity contribution in [2.24, 2.45) is 0 Å². The minimum atomic E-state index is -0.515. The number of nitrogens with zero attached hydrogens (tertiary/aromatic N) is 1. The average Bonchev–Trinajstić information content (AvgIpc) is 3.25. The molecule has 3 rings (SSSR count). The number of likely N-dealkylation sites (tertiary alicyclic amines) is 1. The molecule has 0 radical (unpaired) electrons. The molecular formula is C19H31NO4. The fourth-order valence-corrected chi connectivity index (χ4v) is 3.83. The van der Waals surface area contributed by atoms with E-state index in [1.165, 1.54) is 19.3 Å². The van der Waals surface area contributed by atoms with E-state index in [4.69, 9.17) is 13.9 Å². The van der Waals surface area contributed by atoms with Crippen molar-refractivity contribution in [3.63, 3.8) is 0 Å². The van der Waals surface area contributed by atoms with Crippen molar-refractivity contribution >= 4 is 0 Å². The summed E-state index contributed by atoms with van der Waals surface area (Å²) in [6, 6.07) is 4.10. The Morgan fingerprint density at radius 2 is 2.21 bits per heavy atom. The summed E-state index contributed by atoms with van der Waals surface area (Å²) in [6.07, 6.45) is 9.33. The third-order valence-electron chi connectivity index (χ3n) is 5.22. The van der Waals surface area contributed by atoms with Crippen molar-refractivity contribution in [3.05, 3.63) is 24.2 Å². The molecule has 3 heterocycles. The number of ether oxygens (including phenoxy) is 2. The summed E-state index contributed by atoms with van der Waals surface area (Å²) >= 11 is 0. The molecule has 3 unspecified atom stereocenters. The van der Waals surface area contributed by atoms with Gasteiger partial charge in [0.15, 0.2) is 0 Å². The van der Waals surface area contributed by atoms with E-state index in [-0.39, 0.29) is 0 Å². The molecule has 0 saturated carbocycles. The first-order valence-electron chi connectivity index (χ1n) is 9.48. The van der Waals surface area contributed by atoms with Gasteiger partial charge in [-0.25, -0.2) is 0 Å². The van der Waals surface area contributed by atoms with Crippen LogP contribution < -0.4 is 0 Å². The molecule has 0 aliphatic carbocycles. The third-order valence-corrected chi connectivity index (χ3v) is 5.22. The Labute approximate surface area is 144 Å². The number of rotatable bonds is 8. The SMILES string of the molecule is OC(CC1CCCCCN1CCOCC1CCCO1)c1ccco1. The number of aliphatic hydroxyl groups is 1. The van der Waals surface area contributed by atoms with Crippen LogP contribution in [0.5, 0.6) is 0 Å². The lowest BCUT2D eigenvalue weighted by molar-refractivity contribution is 0.00370. The molecule has 136 valence electrons. The highest BCUT2D eigenvalue weighted by molar-refractivity contribution is 5.02. The van der Waals surface area contributed by atoms with Gasteiger partial charge in [-0.05, 0) is 50.8 Å². The summed E-state index contributed by atoms with van der Waals surface area (Å²) in [6.45, 7) is 4.37. The molecule has 3 atom stereocenters. The molecule has 0 aromatic carbocycles. The summed E-state index contributed by atoms with van der Waals surface area (Å²) in [5, 5.41) is 10.4. The van der Waals surface area contributed by atoms with Crippen molar-refractivity contribution in [2.75, 3.05) is 32.9 Å². The molecule has 1 N–H and O–H groups in total. The Balaban J connectivity index is 1.44. The van der Waals surface area contributed by atoms with Gasteiger partial charge in [0.2, 0.25) is 0 Å². The van der Waals surface area contributed by atoms with Gasteiger partial charge >= 0.3 is 0 Å². The quantitative estimate of drug-likeness (QED) is 0.739. The van der Waals surface area contributed by atoms with Crippen molar-refractivity contribution in [3.8, 4) is 0 Å².